The van der Waals surface area contributed by atoms with Crippen molar-refractivity contribution in [2.75, 3.05) is 5.01 Å². The highest BCUT2D eigenvalue weighted by Gasteiger charge is 2.14. The molecule has 8 heteroatoms. The third-order valence-electron chi connectivity index (χ3n) is 4.92. The van der Waals surface area contributed by atoms with Gasteiger partial charge in [0.1, 0.15) is 30.0 Å². The van der Waals surface area contributed by atoms with Gasteiger partial charge in [-0.2, -0.15) is 5.26 Å². The fourth-order valence-electron chi connectivity index (χ4n) is 3.32. The molecule has 0 radical (unpaired) electrons. The molecule has 156 valence electrons. The summed E-state index contributed by atoms with van der Waals surface area (Å²) in [6, 6.07) is 25.6. The van der Waals surface area contributed by atoms with Gasteiger partial charge in [0, 0.05) is 6.07 Å². The zero-order valence-corrected chi connectivity index (χ0v) is 17.8. The lowest BCUT2D eigenvalue weighted by Crippen LogP contribution is -2.27. The normalized spacial score (nSPS) is 10.7. The SMILES string of the molecule is N#Cc1ccc(N(Cc2nc3cc(OCc4ccccc4)ccc3s2)n2cnnc2)cc1. The maximum Gasteiger partial charge on any atom is 0.139 e. The van der Waals surface area contributed by atoms with Crippen molar-refractivity contribution in [2.24, 2.45) is 0 Å². The molecule has 7 nitrogen and oxygen atoms in total. The van der Waals surface area contributed by atoms with Crippen LogP contribution >= 0.6 is 11.3 Å². The molecule has 0 fully saturated rings. The lowest BCUT2D eigenvalue weighted by molar-refractivity contribution is 0.306. The Balaban J connectivity index is 1.38. The number of benzene rings is 3. The van der Waals surface area contributed by atoms with Gasteiger partial charge in [0.2, 0.25) is 0 Å². The number of rotatable bonds is 7. The van der Waals surface area contributed by atoms with Gasteiger partial charge >= 0.3 is 0 Å². The van der Waals surface area contributed by atoms with Crippen molar-refractivity contribution in [1.29, 1.82) is 5.26 Å². The van der Waals surface area contributed by atoms with E-state index in [1.165, 1.54) is 0 Å². The molecule has 5 aromatic rings. The van der Waals surface area contributed by atoms with Gasteiger partial charge in [-0.1, -0.05) is 30.3 Å². The van der Waals surface area contributed by atoms with Crippen LogP contribution in [0.15, 0.2) is 85.5 Å². The summed E-state index contributed by atoms with van der Waals surface area (Å²) >= 11 is 1.63. The van der Waals surface area contributed by atoms with Crippen LogP contribution in [0.25, 0.3) is 10.2 Å². The second kappa shape index (κ2) is 8.88. The Morgan fingerprint density at radius 3 is 2.50 bits per heavy atom. The van der Waals surface area contributed by atoms with Crippen molar-refractivity contribution in [2.45, 2.75) is 13.2 Å². The van der Waals surface area contributed by atoms with Crippen molar-refractivity contribution in [1.82, 2.24) is 19.9 Å². The number of nitrogens with zero attached hydrogens (tertiary/aromatic N) is 6. The molecule has 0 aliphatic rings. The van der Waals surface area contributed by atoms with E-state index in [4.69, 9.17) is 15.0 Å². The van der Waals surface area contributed by atoms with E-state index in [2.05, 4.69) is 16.3 Å². The first-order valence-electron chi connectivity index (χ1n) is 9.97. The summed E-state index contributed by atoms with van der Waals surface area (Å²) in [6.45, 7) is 1.05. The van der Waals surface area contributed by atoms with E-state index in [0.29, 0.717) is 18.7 Å². The molecule has 2 heterocycles. The average Bonchev–Trinajstić information content (AvgIpc) is 3.51. The fraction of sp³-hybridized carbons (Fsp3) is 0.0833. The van der Waals surface area contributed by atoms with E-state index >= 15 is 0 Å². The summed E-state index contributed by atoms with van der Waals surface area (Å²) in [7, 11) is 0. The molecule has 0 spiro atoms. The van der Waals surface area contributed by atoms with Gasteiger partial charge in [0.25, 0.3) is 0 Å². The highest BCUT2D eigenvalue weighted by atomic mass is 32.1. The van der Waals surface area contributed by atoms with Crippen LogP contribution in [0.5, 0.6) is 5.75 Å². The molecule has 0 saturated heterocycles. The second-order valence-corrected chi connectivity index (χ2v) is 8.18. The minimum atomic E-state index is 0.517. The van der Waals surface area contributed by atoms with Crippen LogP contribution in [0.3, 0.4) is 0 Å². The molecule has 2 aromatic heterocycles. The number of nitriles is 1. The molecule has 0 aliphatic carbocycles. The molecular formula is C24H18N6OS. The number of hydrogen-bond acceptors (Lipinski definition) is 7. The zero-order chi connectivity index (χ0) is 21.8. The third kappa shape index (κ3) is 4.29. The number of anilines is 1. The first kappa shape index (κ1) is 19.7. The Bertz CT molecular complexity index is 1360. The van der Waals surface area contributed by atoms with Crippen LogP contribution in [-0.4, -0.2) is 19.9 Å². The molecule has 0 atom stereocenters. The maximum absolute atomic E-state index is 9.08. The minimum Gasteiger partial charge on any atom is -0.489 e. The van der Waals surface area contributed by atoms with E-state index in [0.717, 1.165) is 32.2 Å². The van der Waals surface area contributed by atoms with E-state index in [9.17, 15) is 0 Å². The number of ether oxygens (including phenoxy) is 1. The van der Waals surface area contributed by atoms with Crippen LogP contribution in [0.2, 0.25) is 0 Å². The zero-order valence-electron chi connectivity index (χ0n) is 17.0. The maximum atomic E-state index is 9.08. The summed E-state index contributed by atoms with van der Waals surface area (Å²) in [5, 5.41) is 19.9. The molecule has 0 bridgehead atoms. The van der Waals surface area contributed by atoms with Crippen molar-refractivity contribution in [3.05, 3.63) is 102 Å². The first-order valence-corrected chi connectivity index (χ1v) is 10.8. The van der Waals surface area contributed by atoms with Gasteiger partial charge in [-0.3, -0.25) is 5.01 Å². The van der Waals surface area contributed by atoms with E-state index in [-0.39, 0.29) is 0 Å². The summed E-state index contributed by atoms with van der Waals surface area (Å²) in [5.74, 6) is 0.793. The summed E-state index contributed by atoms with van der Waals surface area (Å²) < 4.78 is 8.85. The molecular weight excluding hydrogens is 420 g/mol. The molecule has 5 rings (SSSR count). The van der Waals surface area contributed by atoms with Crippen LogP contribution in [-0.2, 0) is 13.2 Å². The highest BCUT2D eigenvalue weighted by molar-refractivity contribution is 7.18. The van der Waals surface area contributed by atoms with Gasteiger partial charge in [-0.15, -0.1) is 21.5 Å². The lowest BCUT2D eigenvalue weighted by atomic mass is 10.2. The number of aromatic nitrogens is 4. The van der Waals surface area contributed by atoms with E-state index in [1.54, 1.807) is 36.1 Å². The van der Waals surface area contributed by atoms with Crippen LogP contribution in [0.4, 0.5) is 5.69 Å². The second-order valence-electron chi connectivity index (χ2n) is 7.07. The average molecular weight is 439 g/mol. The van der Waals surface area contributed by atoms with Crippen LogP contribution < -0.4 is 9.75 Å². The third-order valence-corrected chi connectivity index (χ3v) is 5.94. The predicted octanol–water partition coefficient (Wildman–Crippen LogP) is 4.81. The van der Waals surface area contributed by atoms with Crippen LogP contribution in [0.1, 0.15) is 16.1 Å². The molecule has 0 saturated carbocycles. The van der Waals surface area contributed by atoms with E-state index in [1.807, 2.05) is 70.3 Å². The summed E-state index contributed by atoms with van der Waals surface area (Å²) in [5.41, 5.74) is 3.55. The quantitative estimate of drug-likeness (QED) is 0.363. The highest BCUT2D eigenvalue weighted by Crippen LogP contribution is 2.28. The standard InChI is InChI=1S/C24H18N6OS/c25-13-18-6-8-20(9-7-18)30(29-16-26-27-17-29)14-24-28-22-12-21(10-11-23(22)32-24)31-15-19-4-2-1-3-5-19/h1-12,16-17H,14-15H2. The number of hydrogen-bond donors (Lipinski definition) is 0. The van der Waals surface area contributed by atoms with Crippen molar-refractivity contribution < 1.29 is 4.74 Å². The van der Waals surface area contributed by atoms with Gasteiger partial charge < -0.3 is 4.74 Å². The Hall–Kier alpha value is -4.22. The Morgan fingerprint density at radius 1 is 0.969 bits per heavy atom. The van der Waals surface area contributed by atoms with Gasteiger partial charge in [0.15, 0.2) is 0 Å². The van der Waals surface area contributed by atoms with Crippen molar-refractivity contribution in [3.8, 4) is 11.8 Å². The monoisotopic (exact) mass is 438 g/mol. The van der Waals surface area contributed by atoms with Gasteiger partial charge in [-0.05, 0) is 42.0 Å². The van der Waals surface area contributed by atoms with Crippen molar-refractivity contribution in [3.63, 3.8) is 0 Å². The molecule has 0 amide bonds. The molecule has 0 unspecified atom stereocenters. The topological polar surface area (TPSA) is 79.9 Å². The first-order chi connectivity index (χ1) is 15.8. The lowest BCUT2D eigenvalue weighted by Gasteiger charge is -2.23. The number of fused-ring (bicyclic) bond motifs is 1. The Kier molecular flexibility index (Phi) is 5.47. The van der Waals surface area contributed by atoms with Crippen LogP contribution in [0, 0.1) is 11.3 Å². The summed E-state index contributed by atoms with van der Waals surface area (Å²) in [6.07, 6.45) is 3.28. The number of thiazole rings is 1. The van der Waals surface area contributed by atoms with Crippen molar-refractivity contribution >= 4 is 27.2 Å². The Morgan fingerprint density at radius 2 is 1.75 bits per heavy atom. The molecule has 32 heavy (non-hydrogen) atoms. The van der Waals surface area contributed by atoms with Gasteiger partial charge in [0.05, 0.1) is 34.1 Å². The van der Waals surface area contributed by atoms with Gasteiger partial charge in [-0.25, -0.2) is 9.66 Å². The predicted molar refractivity (Wildman–Crippen MR) is 123 cm³/mol. The summed E-state index contributed by atoms with van der Waals surface area (Å²) in [4.78, 5) is 4.83. The molecule has 0 N–H and O–H groups in total. The molecule has 0 aliphatic heterocycles. The largest absolute Gasteiger partial charge is 0.489 e. The minimum absolute atomic E-state index is 0.517. The van der Waals surface area contributed by atoms with E-state index < -0.39 is 0 Å². The fourth-order valence-corrected chi connectivity index (χ4v) is 4.25. The molecule has 3 aromatic carbocycles. The smallest absolute Gasteiger partial charge is 0.139 e. The Labute approximate surface area is 188 Å².